The molecule has 0 fully saturated rings. The highest BCUT2D eigenvalue weighted by molar-refractivity contribution is 5.81. The summed E-state index contributed by atoms with van der Waals surface area (Å²) in [4.78, 5) is 30.0. The second kappa shape index (κ2) is 9.73. The Balaban J connectivity index is 1.42. The molecule has 4 rings (SSSR count). The van der Waals surface area contributed by atoms with Crippen LogP contribution >= 0.6 is 0 Å². The Labute approximate surface area is 193 Å². The van der Waals surface area contributed by atoms with Crippen LogP contribution in [-0.4, -0.2) is 53.8 Å². The Bertz CT molecular complexity index is 1120. The third-order valence-electron chi connectivity index (χ3n) is 6.16. The highest BCUT2D eigenvalue weighted by atomic mass is 16.6. The van der Waals surface area contributed by atoms with E-state index in [0.29, 0.717) is 12.2 Å². The van der Waals surface area contributed by atoms with E-state index in [1.807, 2.05) is 48.5 Å². The van der Waals surface area contributed by atoms with E-state index in [4.69, 9.17) is 4.74 Å². The van der Waals surface area contributed by atoms with Crippen LogP contribution in [0.2, 0.25) is 0 Å². The molecule has 1 amide bonds. The number of benzene rings is 2. The molecule has 2 N–H and O–H groups in total. The van der Waals surface area contributed by atoms with Crippen molar-refractivity contribution in [1.82, 2.24) is 9.88 Å². The average Bonchev–Trinajstić information content (AvgIpc) is 3.16. The topological polar surface area (TPSA) is 91.8 Å². The number of amides is 1. The van der Waals surface area contributed by atoms with Crippen LogP contribution in [0.15, 0.2) is 66.9 Å². The van der Waals surface area contributed by atoms with Gasteiger partial charge in [-0.25, -0.2) is 14.6 Å². The van der Waals surface area contributed by atoms with Crippen LogP contribution in [0.4, 0.5) is 10.6 Å². The van der Waals surface area contributed by atoms with Gasteiger partial charge in [0.05, 0.1) is 0 Å². The summed E-state index contributed by atoms with van der Waals surface area (Å²) in [6.45, 7) is 0.152. The fraction of sp³-hybridized carbons (Fsp3) is 0.269. The van der Waals surface area contributed by atoms with Gasteiger partial charge in [0, 0.05) is 26.2 Å². The van der Waals surface area contributed by atoms with Gasteiger partial charge in [-0.15, -0.1) is 0 Å². The summed E-state index contributed by atoms with van der Waals surface area (Å²) in [7, 11) is 3.25. The van der Waals surface area contributed by atoms with E-state index in [9.17, 15) is 14.7 Å². The van der Waals surface area contributed by atoms with Gasteiger partial charge < -0.3 is 15.2 Å². The zero-order valence-corrected chi connectivity index (χ0v) is 18.7. The number of anilines is 1. The molecule has 1 heterocycles. The van der Waals surface area contributed by atoms with E-state index in [0.717, 1.165) is 27.8 Å². The molecule has 33 heavy (non-hydrogen) atoms. The molecule has 0 aliphatic heterocycles. The van der Waals surface area contributed by atoms with Gasteiger partial charge in [-0.1, -0.05) is 48.5 Å². The van der Waals surface area contributed by atoms with E-state index < -0.39 is 18.1 Å². The molecule has 7 heteroatoms. The van der Waals surface area contributed by atoms with Crippen molar-refractivity contribution in [2.45, 2.75) is 24.8 Å². The van der Waals surface area contributed by atoms with E-state index in [1.165, 1.54) is 11.9 Å². The third-order valence-corrected chi connectivity index (χ3v) is 6.16. The number of ether oxygens (including phenoxy) is 1. The molecule has 0 saturated carbocycles. The lowest BCUT2D eigenvalue weighted by atomic mass is 9.98. The quantitative estimate of drug-likeness (QED) is 0.534. The van der Waals surface area contributed by atoms with Gasteiger partial charge in [0.15, 0.2) is 0 Å². The van der Waals surface area contributed by atoms with Crippen LogP contribution in [0.5, 0.6) is 0 Å². The number of likely N-dealkylation sites (N-methyl/N-ethyl adjacent to an activating group) is 1. The molecule has 0 radical (unpaired) electrons. The molecule has 170 valence electrons. The first-order chi connectivity index (χ1) is 16.0. The number of hydrogen-bond donors (Lipinski definition) is 2. The highest BCUT2D eigenvalue weighted by Gasteiger charge is 2.31. The molecule has 2 aromatic carbocycles. The van der Waals surface area contributed by atoms with Gasteiger partial charge in [0.2, 0.25) is 0 Å². The van der Waals surface area contributed by atoms with Crippen LogP contribution in [0.3, 0.4) is 0 Å². The number of hydrogen-bond acceptors (Lipinski definition) is 5. The number of aliphatic carboxylic acids is 1. The second-order valence-corrected chi connectivity index (χ2v) is 8.11. The zero-order chi connectivity index (χ0) is 23.4. The lowest BCUT2D eigenvalue weighted by Crippen LogP contribution is -2.43. The maximum absolute atomic E-state index is 12.8. The summed E-state index contributed by atoms with van der Waals surface area (Å²) in [5.41, 5.74) is 5.46. The summed E-state index contributed by atoms with van der Waals surface area (Å²) in [5.74, 6) is -0.423. The Kier molecular flexibility index (Phi) is 6.58. The van der Waals surface area contributed by atoms with Crippen molar-refractivity contribution in [2.24, 2.45) is 0 Å². The number of carbonyl (C=O) groups excluding carboxylic acids is 1. The molecular formula is C26H27N3O4. The Morgan fingerprint density at radius 2 is 1.73 bits per heavy atom. The van der Waals surface area contributed by atoms with Crippen LogP contribution in [-0.2, 0) is 16.0 Å². The minimum atomic E-state index is -1.06. The number of fused-ring (bicyclic) bond motifs is 3. The summed E-state index contributed by atoms with van der Waals surface area (Å²) in [6.07, 6.45) is 1.79. The molecule has 1 aromatic heterocycles. The Morgan fingerprint density at radius 1 is 1.09 bits per heavy atom. The fourth-order valence-corrected chi connectivity index (χ4v) is 4.38. The molecule has 1 unspecified atom stereocenters. The number of carbonyl (C=O) groups is 2. The minimum absolute atomic E-state index is 0.0742. The average molecular weight is 446 g/mol. The largest absolute Gasteiger partial charge is 0.480 e. The number of aromatic nitrogens is 1. The SMILES string of the molecule is CNc1cc(CCC(C(=O)O)N(C)C(=O)OCC2c3ccccc3-c3ccccc32)ccn1. The van der Waals surface area contributed by atoms with Gasteiger partial charge >= 0.3 is 12.1 Å². The highest BCUT2D eigenvalue weighted by Crippen LogP contribution is 2.44. The first-order valence-electron chi connectivity index (χ1n) is 10.9. The predicted molar refractivity (Wildman–Crippen MR) is 126 cm³/mol. The molecule has 0 spiro atoms. The number of carboxylic acid groups (broad SMARTS) is 1. The van der Waals surface area contributed by atoms with Gasteiger partial charge in [-0.05, 0) is 52.8 Å². The lowest BCUT2D eigenvalue weighted by molar-refractivity contribution is -0.142. The Morgan fingerprint density at radius 3 is 2.33 bits per heavy atom. The fourth-order valence-electron chi connectivity index (χ4n) is 4.38. The number of rotatable bonds is 8. The van der Waals surface area contributed by atoms with E-state index in [1.54, 1.807) is 13.2 Å². The van der Waals surface area contributed by atoms with Gasteiger partial charge in [-0.2, -0.15) is 0 Å². The van der Waals surface area contributed by atoms with Crippen molar-refractivity contribution in [3.8, 4) is 11.1 Å². The van der Waals surface area contributed by atoms with Crippen molar-refractivity contribution < 1.29 is 19.4 Å². The smallest absolute Gasteiger partial charge is 0.410 e. The van der Waals surface area contributed by atoms with Crippen LogP contribution in [0.1, 0.15) is 29.0 Å². The lowest BCUT2D eigenvalue weighted by Gasteiger charge is -2.25. The number of nitrogens with zero attached hydrogens (tertiary/aromatic N) is 2. The summed E-state index contributed by atoms with van der Waals surface area (Å²) in [5, 5.41) is 12.7. The molecule has 1 aliphatic rings. The standard InChI is InChI=1S/C26H27N3O4/c1-27-24-15-17(13-14-28-24)11-12-23(25(30)31)29(2)26(32)33-16-22-20-9-5-3-7-18(20)19-8-4-6-10-21(19)22/h3-10,13-15,22-23H,11-12,16H2,1-2H3,(H,27,28)(H,30,31). The molecule has 7 nitrogen and oxygen atoms in total. The Hall–Kier alpha value is -3.87. The molecule has 3 aromatic rings. The monoisotopic (exact) mass is 445 g/mol. The minimum Gasteiger partial charge on any atom is -0.480 e. The third kappa shape index (κ3) is 4.67. The first kappa shape index (κ1) is 22.3. The predicted octanol–water partition coefficient (Wildman–Crippen LogP) is 4.39. The van der Waals surface area contributed by atoms with E-state index >= 15 is 0 Å². The maximum atomic E-state index is 12.8. The summed E-state index contributed by atoms with van der Waals surface area (Å²) >= 11 is 0. The maximum Gasteiger partial charge on any atom is 0.410 e. The molecular weight excluding hydrogens is 418 g/mol. The first-order valence-corrected chi connectivity index (χ1v) is 10.9. The van der Waals surface area contributed by atoms with Crippen LogP contribution in [0.25, 0.3) is 11.1 Å². The second-order valence-electron chi connectivity index (χ2n) is 8.11. The molecule has 0 saturated heterocycles. The van der Waals surface area contributed by atoms with E-state index in [-0.39, 0.29) is 18.9 Å². The number of pyridine rings is 1. The summed E-state index contributed by atoms with van der Waals surface area (Å²) in [6, 6.07) is 18.9. The van der Waals surface area contributed by atoms with Crippen molar-refractivity contribution in [3.05, 3.63) is 83.6 Å². The molecule has 0 bridgehead atoms. The van der Waals surface area contributed by atoms with Crippen molar-refractivity contribution in [1.29, 1.82) is 0 Å². The number of aryl methyl sites for hydroxylation is 1. The van der Waals surface area contributed by atoms with Gasteiger partial charge in [0.25, 0.3) is 0 Å². The summed E-state index contributed by atoms with van der Waals surface area (Å²) < 4.78 is 5.62. The molecule has 1 atom stereocenters. The van der Waals surface area contributed by atoms with Crippen LogP contribution in [0, 0.1) is 0 Å². The number of nitrogens with one attached hydrogen (secondary N) is 1. The van der Waals surface area contributed by atoms with Gasteiger partial charge in [0.1, 0.15) is 18.5 Å². The van der Waals surface area contributed by atoms with Crippen molar-refractivity contribution >= 4 is 17.9 Å². The normalized spacial score (nSPS) is 13.0. The van der Waals surface area contributed by atoms with Crippen molar-refractivity contribution in [2.75, 3.05) is 26.0 Å². The zero-order valence-electron chi connectivity index (χ0n) is 18.7. The molecule has 1 aliphatic carbocycles. The number of carboxylic acids is 1. The van der Waals surface area contributed by atoms with Gasteiger partial charge in [-0.3, -0.25) is 4.90 Å². The van der Waals surface area contributed by atoms with Crippen LogP contribution < -0.4 is 5.32 Å². The van der Waals surface area contributed by atoms with Crippen molar-refractivity contribution in [3.63, 3.8) is 0 Å². The van der Waals surface area contributed by atoms with E-state index in [2.05, 4.69) is 22.4 Å².